The van der Waals surface area contributed by atoms with Crippen LogP contribution in [-0.4, -0.2) is 43.6 Å². The lowest BCUT2D eigenvalue weighted by molar-refractivity contribution is -0.184. The van der Waals surface area contributed by atoms with Crippen molar-refractivity contribution in [2.45, 2.75) is 61.8 Å². The maximum atomic E-state index is 14.7. The largest absolute Gasteiger partial charge is 0.422 e. The summed E-state index contributed by atoms with van der Waals surface area (Å²) in [5, 5.41) is 14.0. The summed E-state index contributed by atoms with van der Waals surface area (Å²) in [4.78, 5) is 13.1. The second-order valence-corrected chi connectivity index (χ2v) is 11.9. The van der Waals surface area contributed by atoms with Gasteiger partial charge in [0, 0.05) is 5.92 Å². The van der Waals surface area contributed by atoms with E-state index in [1.165, 1.54) is 0 Å². The third-order valence-corrected chi connectivity index (χ3v) is 8.20. The lowest BCUT2D eigenvalue weighted by atomic mass is 9.88. The molecule has 1 amide bonds. The molecular formula is C24H25F4N3O3S. The Bertz CT molecular complexity index is 1190. The van der Waals surface area contributed by atoms with Crippen molar-refractivity contribution in [2.24, 2.45) is 11.8 Å². The standard InChI is InChI=1S/C24H25F4N3O3S/c25-19-7-5-18(6-8-19)23(24(26,27)28,10-9-16-1-2-16)30-20(14-35(33,34)13-17-3-4-17)21(32)31-22(15-29)11-12-22/h5-8,16-17,20,30H,1-4,11-14H2,(H,31,32)/t20-,23-/m0/s1. The molecule has 2 atom stereocenters. The number of benzene rings is 1. The second kappa shape index (κ2) is 9.11. The van der Waals surface area contributed by atoms with Gasteiger partial charge in [-0.25, -0.2) is 12.8 Å². The summed E-state index contributed by atoms with van der Waals surface area (Å²) in [5.41, 5.74) is -4.80. The van der Waals surface area contributed by atoms with Gasteiger partial charge in [-0.15, -0.1) is 0 Å². The number of nitriles is 1. The molecule has 4 rings (SSSR count). The van der Waals surface area contributed by atoms with E-state index in [9.17, 15) is 36.0 Å². The van der Waals surface area contributed by atoms with Crippen molar-refractivity contribution in [3.63, 3.8) is 0 Å². The van der Waals surface area contributed by atoms with Crippen molar-refractivity contribution in [1.29, 1.82) is 5.26 Å². The van der Waals surface area contributed by atoms with Crippen molar-refractivity contribution in [3.05, 3.63) is 35.6 Å². The van der Waals surface area contributed by atoms with Gasteiger partial charge >= 0.3 is 6.18 Å². The van der Waals surface area contributed by atoms with Crippen LogP contribution in [0, 0.1) is 40.8 Å². The van der Waals surface area contributed by atoms with Gasteiger partial charge < -0.3 is 5.32 Å². The van der Waals surface area contributed by atoms with E-state index in [1.807, 2.05) is 6.07 Å². The molecule has 3 fully saturated rings. The molecular weight excluding hydrogens is 486 g/mol. The lowest BCUT2D eigenvalue weighted by Crippen LogP contribution is -2.62. The summed E-state index contributed by atoms with van der Waals surface area (Å²) in [6.07, 6.45) is -1.77. The Kier molecular flexibility index (Phi) is 6.62. The number of nitrogens with one attached hydrogen (secondary N) is 2. The molecule has 1 aromatic carbocycles. The van der Waals surface area contributed by atoms with E-state index in [4.69, 9.17) is 0 Å². The number of hydrogen-bond donors (Lipinski definition) is 2. The van der Waals surface area contributed by atoms with E-state index in [0.29, 0.717) is 38.5 Å². The van der Waals surface area contributed by atoms with Crippen molar-refractivity contribution in [2.75, 3.05) is 11.5 Å². The van der Waals surface area contributed by atoms with Gasteiger partial charge in [0.05, 0.1) is 17.6 Å². The van der Waals surface area contributed by atoms with Crippen LogP contribution in [0.15, 0.2) is 24.3 Å². The summed E-state index contributed by atoms with van der Waals surface area (Å²) in [5.74, 6) is 1.61. The monoisotopic (exact) mass is 511 g/mol. The van der Waals surface area contributed by atoms with Gasteiger partial charge in [0.1, 0.15) is 17.4 Å². The molecule has 3 aliphatic carbocycles. The summed E-state index contributed by atoms with van der Waals surface area (Å²) >= 11 is 0. The fourth-order valence-corrected chi connectivity index (χ4v) is 5.70. The zero-order chi connectivity index (χ0) is 25.5. The molecule has 1 aromatic rings. The van der Waals surface area contributed by atoms with E-state index >= 15 is 0 Å². The van der Waals surface area contributed by atoms with Crippen LogP contribution in [0.25, 0.3) is 0 Å². The summed E-state index contributed by atoms with van der Waals surface area (Å²) < 4.78 is 83.3. The zero-order valence-corrected chi connectivity index (χ0v) is 19.6. The van der Waals surface area contributed by atoms with Crippen LogP contribution in [0.1, 0.15) is 44.1 Å². The number of sulfone groups is 1. The fourth-order valence-electron chi connectivity index (χ4n) is 3.77. The Labute approximate surface area is 201 Å². The van der Waals surface area contributed by atoms with Gasteiger partial charge in [0.15, 0.2) is 9.84 Å². The van der Waals surface area contributed by atoms with Crippen LogP contribution in [0.4, 0.5) is 17.6 Å². The van der Waals surface area contributed by atoms with E-state index in [1.54, 1.807) is 0 Å². The quantitative estimate of drug-likeness (QED) is 0.392. The normalized spacial score (nSPS) is 21.6. The molecule has 0 saturated heterocycles. The number of amides is 1. The molecule has 0 radical (unpaired) electrons. The van der Waals surface area contributed by atoms with Crippen molar-refractivity contribution in [1.82, 2.24) is 10.6 Å². The summed E-state index contributed by atoms with van der Waals surface area (Å²) in [7, 11) is -3.91. The molecule has 35 heavy (non-hydrogen) atoms. The second-order valence-electron chi connectivity index (χ2n) is 9.70. The van der Waals surface area contributed by atoms with Gasteiger partial charge in [0.2, 0.25) is 11.4 Å². The minimum atomic E-state index is -5.09. The van der Waals surface area contributed by atoms with Crippen LogP contribution in [0.3, 0.4) is 0 Å². The van der Waals surface area contributed by atoms with Gasteiger partial charge in [0.25, 0.3) is 0 Å². The first kappa shape index (κ1) is 25.5. The molecule has 2 N–H and O–H groups in total. The first-order valence-electron chi connectivity index (χ1n) is 11.4. The minimum absolute atomic E-state index is 0.0725. The van der Waals surface area contributed by atoms with Gasteiger partial charge in [-0.1, -0.05) is 24.0 Å². The Morgan fingerprint density at radius 1 is 1.14 bits per heavy atom. The SMILES string of the molecule is N#CC1(NC(=O)[C@H](CS(=O)(=O)CC2CC2)N[C@@](C#CC2CC2)(c2ccc(F)cc2)C(F)(F)F)CC1. The molecule has 0 aromatic heterocycles. The van der Waals surface area contributed by atoms with Gasteiger partial charge in [-0.2, -0.15) is 18.4 Å². The zero-order valence-electron chi connectivity index (χ0n) is 18.8. The first-order valence-corrected chi connectivity index (χ1v) is 13.3. The number of halogens is 4. The minimum Gasteiger partial charge on any atom is -0.336 e. The number of rotatable bonds is 9. The van der Waals surface area contributed by atoms with Crippen molar-refractivity contribution in [3.8, 4) is 17.9 Å². The van der Waals surface area contributed by atoms with E-state index in [-0.39, 0.29) is 17.6 Å². The molecule has 0 spiro atoms. The molecule has 0 bridgehead atoms. The molecule has 3 saturated carbocycles. The number of carbonyl (C=O) groups excluding carboxylic acids is 1. The molecule has 188 valence electrons. The number of hydrogen-bond acceptors (Lipinski definition) is 5. The average molecular weight is 512 g/mol. The number of carbonyl (C=O) groups is 1. The van der Waals surface area contributed by atoms with Crippen LogP contribution >= 0.6 is 0 Å². The van der Waals surface area contributed by atoms with E-state index in [0.717, 1.165) is 24.3 Å². The lowest BCUT2D eigenvalue weighted by Gasteiger charge is -2.36. The Morgan fingerprint density at radius 3 is 2.26 bits per heavy atom. The van der Waals surface area contributed by atoms with Crippen LogP contribution < -0.4 is 10.6 Å². The highest BCUT2D eigenvalue weighted by atomic mass is 32.2. The molecule has 6 nitrogen and oxygen atoms in total. The maximum Gasteiger partial charge on any atom is 0.422 e. The Morgan fingerprint density at radius 2 is 1.77 bits per heavy atom. The smallest absolute Gasteiger partial charge is 0.336 e. The highest BCUT2D eigenvalue weighted by molar-refractivity contribution is 7.91. The van der Waals surface area contributed by atoms with Crippen LogP contribution in [0.5, 0.6) is 0 Å². The molecule has 11 heteroatoms. The Balaban J connectivity index is 1.74. The predicted octanol–water partition coefficient (Wildman–Crippen LogP) is 2.95. The first-order chi connectivity index (χ1) is 16.4. The van der Waals surface area contributed by atoms with Crippen LogP contribution in [0.2, 0.25) is 0 Å². The summed E-state index contributed by atoms with van der Waals surface area (Å²) in [6, 6.07) is 3.62. The van der Waals surface area contributed by atoms with Crippen molar-refractivity contribution >= 4 is 15.7 Å². The average Bonchev–Trinajstić information content (AvgIpc) is 3.63. The van der Waals surface area contributed by atoms with Crippen molar-refractivity contribution < 1.29 is 30.8 Å². The molecule has 3 aliphatic rings. The third-order valence-electron chi connectivity index (χ3n) is 6.38. The molecule has 0 heterocycles. The highest BCUT2D eigenvalue weighted by Crippen LogP contribution is 2.41. The maximum absolute atomic E-state index is 14.7. The van der Waals surface area contributed by atoms with E-state index < -0.39 is 56.2 Å². The fraction of sp³-hybridized carbons (Fsp3) is 0.583. The molecule has 0 aliphatic heterocycles. The number of alkyl halides is 3. The highest BCUT2D eigenvalue weighted by Gasteiger charge is 2.58. The van der Waals surface area contributed by atoms with Crippen LogP contribution in [-0.2, 0) is 20.2 Å². The Hall–Kier alpha value is -2.63. The van der Waals surface area contributed by atoms with Gasteiger partial charge in [-0.05, 0) is 62.1 Å². The van der Waals surface area contributed by atoms with E-state index in [2.05, 4.69) is 22.5 Å². The predicted molar refractivity (Wildman–Crippen MR) is 119 cm³/mol. The summed E-state index contributed by atoms with van der Waals surface area (Å²) in [6.45, 7) is 0. The third kappa shape index (κ3) is 6.14. The molecule has 0 unspecified atom stereocenters. The van der Waals surface area contributed by atoms with Gasteiger partial charge in [-0.3, -0.25) is 10.1 Å². The topological polar surface area (TPSA) is 99.1 Å². The number of nitrogens with zero attached hydrogens (tertiary/aromatic N) is 1.